The van der Waals surface area contributed by atoms with Crippen molar-refractivity contribution in [1.29, 1.82) is 0 Å². The van der Waals surface area contributed by atoms with Crippen molar-refractivity contribution in [3.63, 3.8) is 0 Å². The number of carbonyl (C=O) groups excluding carboxylic acids is 2. The van der Waals surface area contributed by atoms with Crippen molar-refractivity contribution in [2.24, 2.45) is 0 Å². The predicted octanol–water partition coefficient (Wildman–Crippen LogP) is 4.56. The summed E-state index contributed by atoms with van der Waals surface area (Å²) in [7, 11) is 0. The number of carbonyl (C=O) groups is 2. The number of anilines is 1. The average Bonchev–Trinajstić information content (AvgIpc) is 3.66. The number of likely N-dealkylation sites (tertiary alicyclic amines) is 1. The van der Waals surface area contributed by atoms with Crippen LogP contribution in [0.2, 0.25) is 0 Å². The second kappa shape index (κ2) is 11.0. The number of aromatic amines is 1. The lowest BCUT2D eigenvalue weighted by molar-refractivity contribution is -0.274. The van der Waals surface area contributed by atoms with Gasteiger partial charge in [-0.25, -0.2) is 4.98 Å². The summed E-state index contributed by atoms with van der Waals surface area (Å²) in [4.78, 5) is 35.1. The molecule has 0 spiro atoms. The minimum atomic E-state index is -5.04. The number of ether oxygens (including phenoxy) is 1. The van der Waals surface area contributed by atoms with Gasteiger partial charge in [-0.1, -0.05) is 17.8 Å². The molecule has 1 aromatic carbocycles. The fourth-order valence-corrected chi connectivity index (χ4v) is 4.30. The highest BCUT2D eigenvalue weighted by Gasteiger charge is 2.33. The molecular weight excluding hydrogens is 531 g/mol. The van der Waals surface area contributed by atoms with Crippen LogP contribution >= 0.6 is 0 Å². The molecule has 40 heavy (non-hydrogen) atoms. The van der Waals surface area contributed by atoms with E-state index >= 15 is 0 Å². The first-order valence-electron chi connectivity index (χ1n) is 12.1. The van der Waals surface area contributed by atoms with Gasteiger partial charge in [0.1, 0.15) is 5.69 Å². The number of hydrogen-bond donors (Lipinski definition) is 2. The van der Waals surface area contributed by atoms with Crippen LogP contribution in [0.15, 0.2) is 65.8 Å². The second-order valence-electron chi connectivity index (χ2n) is 8.88. The molecule has 11 nitrogen and oxygen atoms in total. The van der Waals surface area contributed by atoms with E-state index in [0.29, 0.717) is 30.9 Å². The Labute approximate surface area is 225 Å². The van der Waals surface area contributed by atoms with Crippen LogP contribution in [0, 0.1) is 0 Å². The lowest BCUT2D eigenvalue weighted by Gasteiger charge is -2.30. The lowest BCUT2D eigenvalue weighted by atomic mass is 9.98. The van der Waals surface area contributed by atoms with E-state index in [1.165, 1.54) is 30.5 Å². The van der Waals surface area contributed by atoms with Crippen molar-refractivity contribution < 1.29 is 32.0 Å². The maximum atomic E-state index is 13.3. The number of hydrogen-bond acceptors (Lipinski definition) is 8. The zero-order valence-corrected chi connectivity index (χ0v) is 20.8. The van der Waals surface area contributed by atoms with Gasteiger partial charge in [-0.15, -0.1) is 13.2 Å². The summed E-state index contributed by atoms with van der Waals surface area (Å²) in [6, 6.07) is 10.0. The number of rotatable bonds is 7. The maximum absolute atomic E-state index is 13.3. The van der Waals surface area contributed by atoms with Gasteiger partial charge in [-0.3, -0.25) is 14.7 Å². The highest BCUT2D eigenvalue weighted by Crippen LogP contribution is 2.35. The van der Waals surface area contributed by atoms with Crippen LogP contribution in [0.3, 0.4) is 0 Å². The monoisotopic (exact) mass is 553 g/mol. The fraction of sp³-hybridized carbons (Fsp3) is 0.231. The molecule has 1 fully saturated rings. The Balaban J connectivity index is 1.38. The quantitative estimate of drug-likeness (QED) is 0.318. The van der Waals surface area contributed by atoms with E-state index in [1.54, 1.807) is 23.1 Å². The Bertz CT molecular complexity index is 1540. The van der Waals surface area contributed by atoms with E-state index in [0.717, 1.165) is 12.5 Å². The third-order valence-electron chi connectivity index (χ3n) is 6.17. The first kappa shape index (κ1) is 26.6. The average molecular weight is 554 g/mol. The third-order valence-corrected chi connectivity index (χ3v) is 6.17. The smallest absolute Gasteiger partial charge is 0.404 e. The number of alkyl halides is 3. The third kappa shape index (κ3) is 6.00. The molecule has 3 aromatic heterocycles. The molecule has 4 aromatic rings. The SMILES string of the molecule is C=CC(=O)N1CCC[C@H](c2nc(-c3ccc(NC(=O)c4cccc(-c5ccn[nH]5)n4)c(OC(F)(F)F)c3)no2)C1. The van der Waals surface area contributed by atoms with Crippen LogP contribution in [0.4, 0.5) is 18.9 Å². The predicted molar refractivity (Wildman–Crippen MR) is 135 cm³/mol. The van der Waals surface area contributed by atoms with Crippen LogP contribution in [-0.2, 0) is 4.79 Å². The van der Waals surface area contributed by atoms with Gasteiger partial charge in [0.25, 0.3) is 5.91 Å². The van der Waals surface area contributed by atoms with E-state index in [4.69, 9.17) is 4.52 Å². The topological polar surface area (TPSA) is 139 Å². The molecule has 0 bridgehead atoms. The van der Waals surface area contributed by atoms with Gasteiger partial charge >= 0.3 is 6.36 Å². The van der Waals surface area contributed by atoms with Crippen molar-refractivity contribution in [1.82, 2.24) is 30.2 Å². The van der Waals surface area contributed by atoms with Gasteiger partial charge in [0, 0.05) is 24.8 Å². The molecule has 4 heterocycles. The van der Waals surface area contributed by atoms with E-state index in [9.17, 15) is 22.8 Å². The summed E-state index contributed by atoms with van der Waals surface area (Å²) in [5, 5.41) is 12.9. The van der Waals surface area contributed by atoms with Crippen molar-refractivity contribution in [2.45, 2.75) is 25.1 Å². The normalized spacial score (nSPS) is 15.5. The van der Waals surface area contributed by atoms with E-state index in [2.05, 4.69) is 42.0 Å². The molecule has 2 amide bonds. The molecule has 1 saturated heterocycles. The van der Waals surface area contributed by atoms with E-state index in [1.807, 2.05) is 0 Å². The number of nitrogens with zero attached hydrogens (tertiary/aromatic N) is 5. The second-order valence-corrected chi connectivity index (χ2v) is 8.88. The Kier molecular flexibility index (Phi) is 7.31. The number of H-pyrrole nitrogens is 1. The molecule has 1 aliphatic rings. The highest BCUT2D eigenvalue weighted by molar-refractivity contribution is 6.04. The van der Waals surface area contributed by atoms with Crippen LogP contribution in [0.1, 0.15) is 35.1 Å². The molecule has 1 aliphatic heterocycles. The van der Waals surface area contributed by atoms with Gasteiger partial charge in [0.15, 0.2) is 5.75 Å². The van der Waals surface area contributed by atoms with Crippen LogP contribution < -0.4 is 10.1 Å². The van der Waals surface area contributed by atoms with E-state index in [-0.39, 0.29) is 40.5 Å². The molecule has 0 unspecified atom stereocenters. The standard InChI is InChI=1S/C26H22F3N7O4/c1-2-22(37)36-12-4-5-16(14-36)25-33-23(35-40-25)15-8-9-19(21(13-15)39-26(27,28)29)32-24(38)20-7-3-6-17(31-20)18-10-11-30-34-18/h2-3,6-11,13,16H,1,4-5,12,14H2,(H,30,34)(H,32,38)/t16-/m0/s1. The van der Waals surface area contributed by atoms with Crippen LogP contribution in [0.5, 0.6) is 5.75 Å². The molecule has 0 aliphatic carbocycles. The van der Waals surface area contributed by atoms with Gasteiger partial charge in [0.05, 0.1) is 23.0 Å². The molecule has 1 atom stereocenters. The molecular formula is C26H22F3N7O4. The fourth-order valence-electron chi connectivity index (χ4n) is 4.30. The zero-order valence-electron chi connectivity index (χ0n) is 20.8. The minimum Gasteiger partial charge on any atom is -0.404 e. The summed E-state index contributed by atoms with van der Waals surface area (Å²) in [5.41, 5.74) is 0.882. The Morgan fingerprint density at radius 3 is 2.80 bits per heavy atom. The first-order valence-corrected chi connectivity index (χ1v) is 12.1. The van der Waals surface area contributed by atoms with Gasteiger partial charge < -0.3 is 19.5 Å². The van der Waals surface area contributed by atoms with Crippen LogP contribution in [-0.4, -0.2) is 61.5 Å². The van der Waals surface area contributed by atoms with Gasteiger partial charge in [0.2, 0.25) is 17.6 Å². The maximum Gasteiger partial charge on any atom is 0.573 e. The largest absolute Gasteiger partial charge is 0.573 e. The Morgan fingerprint density at radius 2 is 2.05 bits per heavy atom. The number of amides is 2. The zero-order chi connectivity index (χ0) is 28.3. The summed E-state index contributed by atoms with van der Waals surface area (Å²) in [6.07, 6.45) is -0.865. The van der Waals surface area contributed by atoms with Crippen molar-refractivity contribution >= 4 is 17.5 Å². The molecule has 0 radical (unpaired) electrons. The lowest BCUT2D eigenvalue weighted by Crippen LogP contribution is -2.38. The molecule has 206 valence electrons. The number of halogens is 3. The van der Waals surface area contributed by atoms with Crippen molar-refractivity contribution in [2.75, 3.05) is 18.4 Å². The van der Waals surface area contributed by atoms with Gasteiger partial charge in [-0.05, 0) is 55.3 Å². The van der Waals surface area contributed by atoms with Crippen molar-refractivity contribution in [3.8, 4) is 28.5 Å². The Morgan fingerprint density at radius 1 is 1.20 bits per heavy atom. The Hall–Kier alpha value is -5.01. The first-order chi connectivity index (χ1) is 19.2. The summed E-state index contributed by atoms with van der Waals surface area (Å²) in [5.74, 6) is -1.57. The minimum absolute atomic E-state index is 0.0287. The molecule has 5 rings (SSSR count). The summed E-state index contributed by atoms with van der Waals surface area (Å²) < 4.78 is 49.4. The van der Waals surface area contributed by atoms with Crippen LogP contribution in [0.25, 0.3) is 22.8 Å². The molecule has 2 N–H and O–H groups in total. The highest BCUT2D eigenvalue weighted by atomic mass is 19.4. The number of pyridine rings is 1. The number of benzene rings is 1. The van der Waals surface area contributed by atoms with E-state index < -0.39 is 18.0 Å². The molecule has 0 saturated carbocycles. The van der Waals surface area contributed by atoms with Crippen molar-refractivity contribution in [3.05, 3.63) is 72.9 Å². The summed E-state index contributed by atoms with van der Waals surface area (Å²) in [6.45, 7) is 4.44. The number of nitrogens with one attached hydrogen (secondary N) is 2. The molecule has 14 heteroatoms. The number of aromatic nitrogens is 5. The number of piperidine rings is 1. The van der Waals surface area contributed by atoms with Gasteiger partial charge in [-0.2, -0.15) is 10.1 Å². The summed E-state index contributed by atoms with van der Waals surface area (Å²) >= 11 is 0.